The molecule has 4 heteroatoms. The molecular weight excluding hydrogens is 314 g/mol. The molecule has 1 N–H and O–H groups in total. The summed E-state index contributed by atoms with van der Waals surface area (Å²) in [4.78, 5) is 13.2. The summed E-state index contributed by atoms with van der Waals surface area (Å²) in [6.07, 6.45) is 4.45. The Morgan fingerprint density at radius 3 is 2.84 bits per heavy atom. The van der Waals surface area contributed by atoms with Gasteiger partial charge in [-0.3, -0.25) is 9.69 Å². The number of carboxylic acid groups (broad SMARTS) is 1. The van der Waals surface area contributed by atoms with Crippen LogP contribution in [-0.2, 0) is 11.2 Å². The third-order valence-corrected chi connectivity index (χ3v) is 5.56. The van der Waals surface area contributed by atoms with Gasteiger partial charge in [0, 0.05) is 19.6 Å². The van der Waals surface area contributed by atoms with E-state index < -0.39 is 5.97 Å². The number of ether oxygens (including phenoxy) is 1. The molecule has 1 heterocycles. The van der Waals surface area contributed by atoms with Gasteiger partial charge in [-0.25, -0.2) is 0 Å². The summed E-state index contributed by atoms with van der Waals surface area (Å²) >= 11 is 0. The second-order valence-electron chi connectivity index (χ2n) is 7.74. The van der Waals surface area contributed by atoms with Crippen molar-refractivity contribution in [2.45, 2.75) is 33.6 Å². The van der Waals surface area contributed by atoms with Gasteiger partial charge in [0.25, 0.3) is 0 Å². The van der Waals surface area contributed by atoms with Crippen molar-refractivity contribution in [3.05, 3.63) is 34.9 Å². The van der Waals surface area contributed by atoms with E-state index in [-0.39, 0.29) is 5.92 Å². The van der Waals surface area contributed by atoms with Gasteiger partial charge < -0.3 is 9.84 Å². The number of benzene rings is 1. The van der Waals surface area contributed by atoms with Crippen LogP contribution in [0.3, 0.4) is 0 Å². The van der Waals surface area contributed by atoms with E-state index in [2.05, 4.69) is 49.9 Å². The van der Waals surface area contributed by atoms with E-state index in [9.17, 15) is 4.79 Å². The number of rotatable bonds is 7. The van der Waals surface area contributed by atoms with Gasteiger partial charge in [-0.15, -0.1) is 0 Å². The van der Waals surface area contributed by atoms with E-state index in [1.54, 1.807) is 0 Å². The molecule has 0 bridgehead atoms. The van der Waals surface area contributed by atoms with Gasteiger partial charge in [-0.2, -0.15) is 0 Å². The van der Waals surface area contributed by atoms with Crippen LogP contribution in [0.4, 0.5) is 0 Å². The highest BCUT2D eigenvalue weighted by molar-refractivity contribution is 5.71. The molecule has 2 atom stereocenters. The normalized spacial score (nSPS) is 21.9. The molecule has 1 aromatic rings. The van der Waals surface area contributed by atoms with Crippen LogP contribution in [-0.4, -0.2) is 42.2 Å². The number of carbonyl (C=O) groups is 1. The largest absolute Gasteiger partial charge is 0.493 e. The van der Waals surface area contributed by atoms with E-state index in [1.807, 2.05) is 0 Å². The summed E-state index contributed by atoms with van der Waals surface area (Å²) in [5.41, 5.74) is 4.04. The molecule has 4 nitrogen and oxygen atoms in total. The lowest BCUT2D eigenvalue weighted by atomic mass is 9.83. The fourth-order valence-electron chi connectivity index (χ4n) is 3.46. The van der Waals surface area contributed by atoms with Gasteiger partial charge in [0.1, 0.15) is 5.75 Å². The Hall–Kier alpha value is -1.81. The van der Waals surface area contributed by atoms with Crippen LogP contribution in [0.2, 0.25) is 0 Å². The van der Waals surface area contributed by atoms with Gasteiger partial charge in [0.15, 0.2) is 0 Å². The standard InChI is InChI=1S/C21H29NO3/c1-4-14(2)13-25-20-6-5-16-8-18(15(3)7-17(16)9-20)10-22-11-19(12-22)21(23)24/h5-6,8-9,14-15,19H,4,7,10-13H2,1-3H3,(H,23,24)/t14-,15-/m0/s1. The number of hydrogen-bond acceptors (Lipinski definition) is 3. The Labute approximate surface area is 150 Å². The predicted molar refractivity (Wildman–Crippen MR) is 99.8 cm³/mol. The maximum Gasteiger partial charge on any atom is 0.309 e. The average molecular weight is 343 g/mol. The summed E-state index contributed by atoms with van der Waals surface area (Å²) in [6.45, 7) is 9.66. The number of fused-ring (bicyclic) bond motifs is 1. The van der Waals surface area contributed by atoms with Gasteiger partial charge >= 0.3 is 5.97 Å². The van der Waals surface area contributed by atoms with Crippen LogP contribution in [0, 0.1) is 17.8 Å². The maximum atomic E-state index is 10.9. The van der Waals surface area contributed by atoms with Crippen molar-refractivity contribution < 1.29 is 14.6 Å². The van der Waals surface area contributed by atoms with E-state index in [0.29, 0.717) is 24.9 Å². The molecule has 0 unspecified atom stereocenters. The van der Waals surface area contributed by atoms with Crippen molar-refractivity contribution in [3.63, 3.8) is 0 Å². The lowest BCUT2D eigenvalue weighted by molar-refractivity contribution is -0.147. The van der Waals surface area contributed by atoms with Crippen molar-refractivity contribution in [3.8, 4) is 5.75 Å². The Morgan fingerprint density at radius 2 is 2.16 bits per heavy atom. The smallest absolute Gasteiger partial charge is 0.309 e. The Bertz CT molecular complexity index is 661. The van der Waals surface area contributed by atoms with Crippen molar-refractivity contribution in [1.82, 2.24) is 4.90 Å². The van der Waals surface area contributed by atoms with Crippen LogP contribution < -0.4 is 4.74 Å². The summed E-state index contributed by atoms with van der Waals surface area (Å²) in [7, 11) is 0. The zero-order valence-electron chi connectivity index (χ0n) is 15.5. The quantitative estimate of drug-likeness (QED) is 0.820. The number of aliphatic carboxylic acids is 1. The topological polar surface area (TPSA) is 49.8 Å². The Balaban J connectivity index is 1.63. The second kappa shape index (κ2) is 7.61. The minimum absolute atomic E-state index is 0.183. The zero-order valence-corrected chi connectivity index (χ0v) is 15.5. The number of hydrogen-bond donors (Lipinski definition) is 1. The number of likely N-dealkylation sites (tertiary alicyclic amines) is 1. The van der Waals surface area contributed by atoms with Crippen molar-refractivity contribution >= 4 is 12.0 Å². The number of carboxylic acids is 1. The predicted octanol–water partition coefficient (Wildman–Crippen LogP) is 3.70. The minimum atomic E-state index is -0.669. The molecule has 0 amide bonds. The fourth-order valence-corrected chi connectivity index (χ4v) is 3.46. The maximum absolute atomic E-state index is 10.9. The molecule has 0 radical (unpaired) electrons. The molecule has 1 fully saturated rings. The molecule has 1 aromatic carbocycles. The van der Waals surface area contributed by atoms with E-state index >= 15 is 0 Å². The lowest BCUT2D eigenvalue weighted by Gasteiger charge is -2.38. The SMILES string of the molecule is CC[C@H](C)COc1ccc2c(c1)C[C@H](C)C(CN1CC(C(=O)O)C1)=C2. The van der Waals surface area contributed by atoms with E-state index in [0.717, 1.165) is 31.7 Å². The summed E-state index contributed by atoms with van der Waals surface area (Å²) in [5, 5.41) is 9.01. The highest BCUT2D eigenvalue weighted by atomic mass is 16.5. The number of nitrogens with zero attached hydrogens (tertiary/aromatic N) is 1. The Morgan fingerprint density at radius 1 is 1.40 bits per heavy atom. The molecule has 1 aliphatic carbocycles. The van der Waals surface area contributed by atoms with Crippen molar-refractivity contribution in [2.75, 3.05) is 26.2 Å². The molecule has 3 rings (SSSR count). The highest BCUT2D eigenvalue weighted by Crippen LogP contribution is 2.32. The van der Waals surface area contributed by atoms with Gasteiger partial charge in [0.05, 0.1) is 12.5 Å². The second-order valence-corrected chi connectivity index (χ2v) is 7.74. The first-order valence-corrected chi connectivity index (χ1v) is 9.37. The van der Waals surface area contributed by atoms with Crippen LogP contribution >= 0.6 is 0 Å². The molecule has 0 spiro atoms. The molecule has 136 valence electrons. The monoisotopic (exact) mass is 343 g/mol. The van der Waals surface area contributed by atoms with Crippen LogP contribution in [0.15, 0.2) is 23.8 Å². The molecule has 1 saturated heterocycles. The van der Waals surface area contributed by atoms with E-state index in [1.165, 1.54) is 16.7 Å². The van der Waals surface area contributed by atoms with Gasteiger partial charge in [0.2, 0.25) is 0 Å². The molecule has 0 saturated carbocycles. The third-order valence-electron chi connectivity index (χ3n) is 5.56. The van der Waals surface area contributed by atoms with Crippen molar-refractivity contribution in [1.29, 1.82) is 0 Å². The summed E-state index contributed by atoms with van der Waals surface area (Å²) < 4.78 is 5.93. The molecule has 0 aromatic heterocycles. The Kier molecular flexibility index (Phi) is 5.48. The minimum Gasteiger partial charge on any atom is -0.493 e. The van der Waals surface area contributed by atoms with Crippen molar-refractivity contribution in [2.24, 2.45) is 17.8 Å². The van der Waals surface area contributed by atoms with E-state index in [4.69, 9.17) is 9.84 Å². The van der Waals surface area contributed by atoms with Crippen LogP contribution in [0.25, 0.3) is 6.08 Å². The van der Waals surface area contributed by atoms with Crippen LogP contribution in [0.1, 0.15) is 38.3 Å². The molecule has 25 heavy (non-hydrogen) atoms. The fraction of sp³-hybridized carbons (Fsp3) is 0.571. The molecule has 1 aliphatic heterocycles. The first-order chi connectivity index (χ1) is 12.0. The third kappa shape index (κ3) is 4.24. The van der Waals surface area contributed by atoms with Crippen LogP contribution in [0.5, 0.6) is 5.75 Å². The zero-order chi connectivity index (χ0) is 18.0. The summed E-state index contributed by atoms with van der Waals surface area (Å²) in [6, 6.07) is 6.41. The first-order valence-electron chi connectivity index (χ1n) is 9.37. The summed E-state index contributed by atoms with van der Waals surface area (Å²) in [5.74, 6) is 1.18. The molecule has 2 aliphatic rings. The average Bonchev–Trinajstić information content (AvgIpc) is 2.55. The van der Waals surface area contributed by atoms with Gasteiger partial charge in [-0.1, -0.05) is 44.9 Å². The highest BCUT2D eigenvalue weighted by Gasteiger charge is 2.33. The first kappa shape index (κ1) is 18.0. The lowest BCUT2D eigenvalue weighted by Crippen LogP contribution is -2.51. The van der Waals surface area contributed by atoms with Gasteiger partial charge in [-0.05, 0) is 41.5 Å². The molecular formula is C21H29NO3.